The molecule has 0 bridgehead atoms. The molecule has 3 aromatic rings. The Labute approximate surface area is 142 Å². The van der Waals surface area contributed by atoms with Gasteiger partial charge in [0.15, 0.2) is 9.84 Å². The first-order valence-electron chi connectivity index (χ1n) is 6.79. The number of aromatic nitrogens is 2. The number of sulfone groups is 1. The third kappa shape index (κ3) is 2.85. The fourth-order valence-corrected chi connectivity index (χ4v) is 3.26. The summed E-state index contributed by atoms with van der Waals surface area (Å²) in [6, 6.07) is 3.21. The van der Waals surface area contributed by atoms with E-state index in [1.54, 1.807) is 6.92 Å². The molecule has 0 unspecified atom stereocenters. The Morgan fingerprint density at radius 3 is 2.50 bits per heavy atom. The second-order valence-electron chi connectivity index (χ2n) is 5.36. The summed E-state index contributed by atoms with van der Waals surface area (Å²) in [6.07, 6.45) is 3.70. The van der Waals surface area contributed by atoms with Crippen molar-refractivity contribution < 1.29 is 17.2 Å². The molecule has 3 rings (SSSR count). The minimum absolute atomic E-state index is 0.0165. The van der Waals surface area contributed by atoms with Gasteiger partial charge in [-0.05, 0) is 18.6 Å². The van der Waals surface area contributed by atoms with Gasteiger partial charge < -0.3 is 0 Å². The van der Waals surface area contributed by atoms with Crippen LogP contribution in [0.15, 0.2) is 35.5 Å². The number of rotatable bonds is 2. The highest BCUT2D eigenvalue weighted by Gasteiger charge is 2.17. The van der Waals surface area contributed by atoms with Gasteiger partial charge in [-0.1, -0.05) is 11.6 Å². The van der Waals surface area contributed by atoms with Gasteiger partial charge in [-0.3, -0.25) is 4.98 Å². The van der Waals surface area contributed by atoms with Crippen LogP contribution >= 0.6 is 11.6 Å². The molecule has 0 fully saturated rings. The quantitative estimate of drug-likeness (QED) is 0.687. The van der Waals surface area contributed by atoms with Crippen LogP contribution in [0.2, 0.25) is 5.02 Å². The van der Waals surface area contributed by atoms with Crippen LogP contribution in [0.5, 0.6) is 0 Å². The topological polar surface area (TPSA) is 59.9 Å². The summed E-state index contributed by atoms with van der Waals surface area (Å²) in [4.78, 5) is 8.17. The fraction of sp³-hybridized carbons (Fsp3) is 0.125. The van der Waals surface area contributed by atoms with Crippen LogP contribution in [-0.2, 0) is 9.84 Å². The maximum absolute atomic E-state index is 14.0. The zero-order valence-electron chi connectivity index (χ0n) is 12.6. The van der Waals surface area contributed by atoms with Gasteiger partial charge in [0.2, 0.25) is 0 Å². The molecule has 0 saturated heterocycles. The highest BCUT2D eigenvalue weighted by Crippen LogP contribution is 2.34. The van der Waals surface area contributed by atoms with Crippen molar-refractivity contribution in [1.82, 2.24) is 9.97 Å². The van der Waals surface area contributed by atoms with E-state index in [-0.39, 0.29) is 20.8 Å². The molecule has 0 aliphatic rings. The predicted octanol–water partition coefficient (Wildman–Crippen LogP) is 3.94. The molecule has 24 heavy (non-hydrogen) atoms. The van der Waals surface area contributed by atoms with Crippen LogP contribution in [0, 0.1) is 18.6 Å². The third-order valence-corrected chi connectivity index (χ3v) is 5.14. The molecular formula is C16H11ClF2N2O2S. The summed E-state index contributed by atoms with van der Waals surface area (Å²) in [7, 11) is -3.46. The second-order valence-corrected chi connectivity index (χ2v) is 7.76. The van der Waals surface area contributed by atoms with E-state index in [0.29, 0.717) is 16.8 Å². The van der Waals surface area contributed by atoms with Crippen molar-refractivity contribution in [3.63, 3.8) is 0 Å². The highest BCUT2D eigenvalue weighted by atomic mass is 35.5. The van der Waals surface area contributed by atoms with E-state index in [0.717, 1.165) is 18.4 Å². The van der Waals surface area contributed by atoms with E-state index in [4.69, 9.17) is 11.6 Å². The molecule has 4 nitrogen and oxygen atoms in total. The molecular weight excluding hydrogens is 358 g/mol. The first kappa shape index (κ1) is 16.7. The smallest absolute Gasteiger partial charge is 0.177 e. The van der Waals surface area contributed by atoms with Crippen molar-refractivity contribution in [2.75, 3.05) is 6.26 Å². The zero-order valence-corrected chi connectivity index (χ0v) is 14.2. The zero-order chi connectivity index (χ0) is 17.6. The van der Waals surface area contributed by atoms with Crippen molar-refractivity contribution in [3.8, 4) is 11.3 Å². The molecule has 0 aliphatic heterocycles. The van der Waals surface area contributed by atoms with Crippen LogP contribution in [0.25, 0.3) is 22.2 Å². The molecule has 0 aliphatic carbocycles. The number of hydrogen-bond donors (Lipinski definition) is 0. The number of pyridine rings is 2. The van der Waals surface area contributed by atoms with Crippen molar-refractivity contribution in [2.45, 2.75) is 11.8 Å². The predicted molar refractivity (Wildman–Crippen MR) is 87.7 cm³/mol. The lowest BCUT2D eigenvalue weighted by molar-refractivity contribution is 0.591. The number of nitrogens with zero attached hydrogens (tertiary/aromatic N) is 2. The standard InChI is InChI=1S/C16H11ClF2N2O2S/c1-8-15(17)14-12(19)4-10(18)5-13(14)21-16(8)9-3-11(7-20-6-9)24(2,22)23/h3-7H,1-2H3. The van der Waals surface area contributed by atoms with Crippen LogP contribution in [0.4, 0.5) is 8.78 Å². The van der Waals surface area contributed by atoms with E-state index in [1.165, 1.54) is 18.5 Å². The molecule has 2 heterocycles. The van der Waals surface area contributed by atoms with Gasteiger partial charge in [0.1, 0.15) is 11.6 Å². The van der Waals surface area contributed by atoms with Crippen molar-refractivity contribution in [1.29, 1.82) is 0 Å². The van der Waals surface area contributed by atoms with Gasteiger partial charge in [0.25, 0.3) is 0 Å². The summed E-state index contributed by atoms with van der Waals surface area (Å²) in [5.74, 6) is -1.58. The van der Waals surface area contributed by atoms with Gasteiger partial charge in [0.05, 0.1) is 26.5 Å². The molecule has 0 amide bonds. The summed E-state index contributed by atoms with van der Waals surface area (Å²) in [5.41, 5.74) is 1.20. The van der Waals surface area contributed by atoms with Gasteiger partial charge in [-0.25, -0.2) is 22.2 Å². The van der Waals surface area contributed by atoms with E-state index < -0.39 is 21.5 Å². The average molecular weight is 369 g/mol. The van der Waals surface area contributed by atoms with Crippen molar-refractivity contribution >= 4 is 32.3 Å². The largest absolute Gasteiger partial charge is 0.263 e. The minimum atomic E-state index is -3.46. The van der Waals surface area contributed by atoms with E-state index in [2.05, 4.69) is 9.97 Å². The Bertz CT molecular complexity index is 1090. The monoisotopic (exact) mass is 368 g/mol. The van der Waals surface area contributed by atoms with Gasteiger partial charge in [-0.15, -0.1) is 0 Å². The molecule has 0 saturated carbocycles. The molecule has 8 heteroatoms. The van der Waals surface area contributed by atoms with Gasteiger partial charge in [-0.2, -0.15) is 0 Å². The van der Waals surface area contributed by atoms with Crippen molar-refractivity contribution in [3.05, 3.63) is 52.8 Å². The molecule has 0 N–H and O–H groups in total. The van der Waals surface area contributed by atoms with Crippen LogP contribution in [0.3, 0.4) is 0 Å². The molecule has 124 valence electrons. The normalized spacial score (nSPS) is 11.9. The highest BCUT2D eigenvalue weighted by molar-refractivity contribution is 7.90. The lowest BCUT2D eigenvalue weighted by atomic mass is 10.1. The Morgan fingerprint density at radius 1 is 1.12 bits per heavy atom. The lowest BCUT2D eigenvalue weighted by Crippen LogP contribution is -2.00. The number of halogens is 3. The number of fused-ring (bicyclic) bond motifs is 1. The van der Waals surface area contributed by atoms with Gasteiger partial charge >= 0.3 is 0 Å². The maximum Gasteiger partial charge on any atom is 0.177 e. The SMILES string of the molecule is Cc1c(-c2cncc(S(C)(=O)=O)c2)nc2cc(F)cc(F)c2c1Cl. The molecule has 1 aromatic carbocycles. The van der Waals surface area contributed by atoms with E-state index >= 15 is 0 Å². The van der Waals surface area contributed by atoms with Gasteiger partial charge in [0, 0.05) is 36.3 Å². The van der Waals surface area contributed by atoms with Crippen LogP contribution < -0.4 is 0 Å². The Hall–Kier alpha value is -2.12. The molecule has 2 aromatic heterocycles. The summed E-state index contributed by atoms with van der Waals surface area (Å²) < 4.78 is 50.8. The second kappa shape index (κ2) is 5.75. The first-order valence-corrected chi connectivity index (χ1v) is 9.06. The molecule has 0 spiro atoms. The van der Waals surface area contributed by atoms with Crippen LogP contribution in [-0.4, -0.2) is 24.6 Å². The summed E-state index contributed by atoms with van der Waals surface area (Å²) >= 11 is 6.23. The fourth-order valence-electron chi connectivity index (χ4n) is 2.39. The lowest BCUT2D eigenvalue weighted by Gasteiger charge is -2.11. The van der Waals surface area contributed by atoms with E-state index in [1.807, 2.05) is 0 Å². The summed E-state index contributed by atoms with van der Waals surface area (Å²) in [5, 5.41) is 0.115. The number of benzene rings is 1. The average Bonchev–Trinajstić information content (AvgIpc) is 2.49. The Kier molecular flexibility index (Phi) is 4.01. The van der Waals surface area contributed by atoms with Crippen LogP contribution in [0.1, 0.15) is 5.56 Å². The molecule has 0 atom stereocenters. The maximum atomic E-state index is 14.0. The van der Waals surface area contributed by atoms with E-state index in [9.17, 15) is 17.2 Å². The Balaban J connectivity index is 2.34. The molecule has 0 radical (unpaired) electrons. The summed E-state index contributed by atoms with van der Waals surface area (Å²) in [6.45, 7) is 1.63. The first-order chi connectivity index (χ1) is 11.2. The Morgan fingerprint density at radius 2 is 1.83 bits per heavy atom. The minimum Gasteiger partial charge on any atom is -0.263 e. The third-order valence-electron chi connectivity index (χ3n) is 3.59. The number of hydrogen-bond acceptors (Lipinski definition) is 4. The van der Waals surface area contributed by atoms with Crippen molar-refractivity contribution in [2.24, 2.45) is 0 Å².